The van der Waals surface area contributed by atoms with Crippen molar-refractivity contribution < 1.29 is 4.79 Å². The number of pyridine rings is 1. The first kappa shape index (κ1) is 18.5. The smallest absolute Gasteiger partial charge is 0.274 e. The van der Waals surface area contributed by atoms with E-state index in [2.05, 4.69) is 10.3 Å². The third-order valence-corrected chi connectivity index (χ3v) is 5.73. The number of halogens is 2. The minimum absolute atomic E-state index is 0. The van der Waals surface area contributed by atoms with Gasteiger partial charge in [-0.1, -0.05) is 11.6 Å². The van der Waals surface area contributed by atoms with Crippen LogP contribution in [-0.4, -0.2) is 46.4 Å². The van der Waals surface area contributed by atoms with Crippen molar-refractivity contribution >= 4 is 35.6 Å². The first-order chi connectivity index (χ1) is 11.7. The molecule has 1 amide bonds. The van der Waals surface area contributed by atoms with E-state index in [1.54, 1.807) is 18.5 Å². The lowest BCUT2D eigenvalue weighted by atomic mass is 9.79. The molecule has 0 spiro atoms. The Morgan fingerprint density at radius 3 is 2.48 bits per heavy atom. The van der Waals surface area contributed by atoms with Crippen LogP contribution in [0.3, 0.4) is 0 Å². The van der Waals surface area contributed by atoms with E-state index < -0.39 is 0 Å². The Hall–Kier alpha value is -1.30. The van der Waals surface area contributed by atoms with Crippen molar-refractivity contribution in [3.8, 4) is 0 Å². The fourth-order valence-electron chi connectivity index (χ4n) is 4.12. The SMILES string of the molecule is Cl.O=C(c1cn2cc(Cl)ccc2n1)N1CCC(C2CCNCC2)CC1. The molecule has 25 heavy (non-hydrogen) atoms. The van der Waals surface area contributed by atoms with Gasteiger partial charge in [-0.05, 0) is 62.7 Å². The number of imidazole rings is 1. The molecule has 2 aliphatic rings. The number of fused-ring (bicyclic) bond motifs is 1. The predicted molar refractivity (Wildman–Crippen MR) is 102 cm³/mol. The van der Waals surface area contributed by atoms with Gasteiger partial charge in [0.1, 0.15) is 11.3 Å². The molecule has 2 aromatic heterocycles. The van der Waals surface area contributed by atoms with Crippen molar-refractivity contribution in [1.29, 1.82) is 0 Å². The largest absolute Gasteiger partial charge is 0.337 e. The van der Waals surface area contributed by atoms with E-state index in [0.29, 0.717) is 10.7 Å². The number of hydrogen-bond acceptors (Lipinski definition) is 3. The lowest BCUT2D eigenvalue weighted by molar-refractivity contribution is 0.0637. The van der Waals surface area contributed by atoms with Gasteiger partial charge < -0.3 is 14.6 Å². The Labute approximate surface area is 159 Å². The molecule has 0 atom stereocenters. The number of carbonyl (C=O) groups excluding carboxylic acids is 1. The van der Waals surface area contributed by atoms with Crippen LogP contribution >= 0.6 is 24.0 Å². The van der Waals surface area contributed by atoms with Crippen LogP contribution in [0.5, 0.6) is 0 Å². The summed E-state index contributed by atoms with van der Waals surface area (Å²) in [4.78, 5) is 19.1. The normalized spacial score (nSPS) is 19.8. The van der Waals surface area contributed by atoms with E-state index in [1.165, 1.54) is 12.8 Å². The Balaban J connectivity index is 0.00000182. The van der Waals surface area contributed by atoms with E-state index >= 15 is 0 Å². The molecule has 2 aromatic rings. The maximum absolute atomic E-state index is 12.7. The average molecular weight is 383 g/mol. The lowest BCUT2D eigenvalue weighted by Gasteiger charge is -2.37. The highest BCUT2D eigenvalue weighted by atomic mass is 35.5. The molecular formula is C18H24Cl2N4O. The monoisotopic (exact) mass is 382 g/mol. The van der Waals surface area contributed by atoms with Gasteiger partial charge in [-0.3, -0.25) is 4.79 Å². The summed E-state index contributed by atoms with van der Waals surface area (Å²) in [6, 6.07) is 3.63. The number of likely N-dealkylation sites (tertiary alicyclic amines) is 1. The molecule has 1 N–H and O–H groups in total. The Morgan fingerprint density at radius 2 is 1.76 bits per heavy atom. The molecular weight excluding hydrogens is 359 g/mol. The minimum atomic E-state index is 0. The topological polar surface area (TPSA) is 49.6 Å². The summed E-state index contributed by atoms with van der Waals surface area (Å²) in [5.41, 5.74) is 1.27. The van der Waals surface area contributed by atoms with E-state index in [-0.39, 0.29) is 18.3 Å². The van der Waals surface area contributed by atoms with Crippen LogP contribution in [-0.2, 0) is 0 Å². The van der Waals surface area contributed by atoms with Gasteiger partial charge in [0, 0.05) is 25.5 Å². The van der Waals surface area contributed by atoms with Crippen molar-refractivity contribution in [2.24, 2.45) is 11.8 Å². The number of hydrogen-bond donors (Lipinski definition) is 1. The summed E-state index contributed by atoms with van der Waals surface area (Å²) in [7, 11) is 0. The van der Waals surface area contributed by atoms with Crippen molar-refractivity contribution in [3.05, 3.63) is 35.2 Å². The zero-order valence-corrected chi connectivity index (χ0v) is 15.7. The summed E-state index contributed by atoms with van der Waals surface area (Å²) >= 11 is 6.00. The highest BCUT2D eigenvalue weighted by molar-refractivity contribution is 6.30. The zero-order valence-electron chi connectivity index (χ0n) is 14.2. The maximum atomic E-state index is 12.7. The summed E-state index contributed by atoms with van der Waals surface area (Å²) in [6.07, 6.45) is 8.37. The van der Waals surface area contributed by atoms with Gasteiger partial charge in [-0.2, -0.15) is 0 Å². The standard InChI is InChI=1S/C18H23ClN4O.ClH/c19-15-1-2-17-21-16(12-23(17)11-15)18(24)22-9-5-14(6-10-22)13-3-7-20-8-4-13;/h1-2,11-14,20H,3-10H2;1H. The first-order valence-corrected chi connectivity index (χ1v) is 9.23. The Morgan fingerprint density at radius 1 is 1.08 bits per heavy atom. The molecule has 2 fully saturated rings. The van der Waals surface area contributed by atoms with E-state index in [4.69, 9.17) is 11.6 Å². The molecule has 2 saturated heterocycles. The van der Waals surface area contributed by atoms with Gasteiger partial charge in [0.2, 0.25) is 0 Å². The van der Waals surface area contributed by atoms with Gasteiger partial charge in [0.15, 0.2) is 0 Å². The molecule has 4 rings (SSSR count). The van der Waals surface area contributed by atoms with Gasteiger partial charge >= 0.3 is 0 Å². The summed E-state index contributed by atoms with van der Waals surface area (Å²) in [5, 5.41) is 4.07. The van der Waals surface area contributed by atoms with Gasteiger partial charge in [0.05, 0.1) is 5.02 Å². The quantitative estimate of drug-likeness (QED) is 0.866. The van der Waals surface area contributed by atoms with Crippen molar-refractivity contribution in [3.63, 3.8) is 0 Å². The number of aromatic nitrogens is 2. The van der Waals surface area contributed by atoms with Crippen molar-refractivity contribution in [2.75, 3.05) is 26.2 Å². The van der Waals surface area contributed by atoms with E-state index in [9.17, 15) is 4.79 Å². The minimum Gasteiger partial charge on any atom is -0.337 e. The second-order valence-electron chi connectivity index (χ2n) is 6.96. The highest BCUT2D eigenvalue weighted by Gasteiger charge is 2.30. The second-order valence-corrected chi connectivity index (χ2v) is 7.39. The fourth-order valence-corrected chi connectivity index (χ4v) is 4.29. The van der Waals surface area contributed by atoms with Crippen LogP contribution in [0, 0.1) is 11.8 Å². The van der Waals surface area contributed by atoms with E-state index in [1.807, 2.05) is 15.4 Å². The maximum Gasteiger partial charge on any atom is 0.274 e. The molecule has 0 unspecified atom stereocenters. The number of nitrogens with one attached hydrogen (secondary N) is 1. The van der Waals surface area contributed by atoms with Crippen molar-refractivity contribution in [2.45, 2.75) is 25.7 Å². The number of rotatable bonds is 2. The van der Waals surface area contributed by atoms with Crippen LogP contribution < -0.4 is 5.32 Å². The molecule has 4 heterocycles. The molecule has 0 radical (unpaired) electrons. The summed E-state index contributed by atoms with van der Waals surface area (Å²) < 4.78 is 1.82. The van der Waals surface area contributed by atoms with Crippen LogP contribution in [0.15, 0.2) is 24.5 Å². The lowest BCUT2D eigenvalue weighted by Crippen LogP contribution is -2.42. The van der Waals surface area contributed by atoms with Crippen LogP contribution in [0.1, 0.15) is 36.2 Å². The Kier molecular flexibility index (Phi) is 5.87. The van der Waals surface area contributed by atoms with Gasteiger partial charge in [-0.15, -0.1) is 12.4 Å². The molecule has 2 aliphatic heterocycles. The molecule has 0 bridgehead atoms. The van der Waals surface area contributed by atoms with Crippen LogP contribution in [0.25, 0.3) is 5.65 Å². The van der Waals surface area contributed by atoms with Crippen molar-refractivity contribution in [1.82, 2.24) is 19.6 Å². The molecule has 0 aliphatic carbocycles. The Bertz CT molecular complexity index is 734. The molecule has 5 nitrogen and oxygen atoms in total. The number of nitrogens with zero attached hydrogens (tertiary/aromatic N) is 3. The highest BCUT2D eigenvalue weighted by Crippen LogP contribution is 2.31. The second kappa shape index (κ2) is 7.94. The summed E-state index contributed by atoms with van der Waals surface area (Å²) in [6.45, 7) is 3.99. The third kappa shape index (κ3) is 3.94. The number of piperidine rings is 2. The average Bonchev–Trinajstić information content (AvgIpc) is 3.05. The fraction of sp³-hybridized carbons (Fsp3) is 0.556. The summed E-state index contributed by atoms with van der Waals surface area (Å²) in [5.74, 6) is 1.65. The van der Waals surface area contributed by atoms with Crippen LogP contribution in [0.2, 0.25) is 5.02 Å². The van der Waals surface area contributed by atoms with E-state index in [0.717, 1.165) is 56.5 Å². The third-order valence-electron chi connectivity index (χ3n) is 5.51. The van der Waals surface area contributed by atoms with Gasteiger partial charge in [-0.25, -0.2) is 4.98 Å². The molecule has 7 heteroatoms. The molecule has 0 saturated carbocycles. The zero-order chi connectivity index (χ0) is 16.5. The van der Waals surface area contributed by atoms with Crippen LogP contribution in [0.4, 0.5) is 0 Å². The molecule has 136 valence electrons. The number of carbonyl (C=O) groups is 1. The predicted octanol–water partition coefficient (Wildman–Crippen LogP) is 3.26. The molecule has 0 aromatic carbocycles. The number of amides is 1. The first-order valence-electron chi connectivity index (χ1n) is 8.85. The van der Waals surface area contributed by atoms with Gasteiger partial charge in [0.25, 0.3) is 5.91 Å².